The average Bonchev–Trinajstić information content (AvgIpc) is 2.68. The van der Waals surface area contributed by atoms with E-state index in [0.717, 1.165) is 17.4 Å². The number of halogens is 1. The Kier molecular flexibility index (Phi) is 3.97. The summed E-state index contributed by atoms with van der Waals surface area (Å²) >= 11 is 3.51. The first-order valence-electron chi connectivity index (χ1n) is 5.64. The van der Waals surface area contributed by atoms with Crippen LogP contribution in [0.15, 0.2) is 34.9 Å². The average molecular weight is 294 g/mol. The molecule has 0 bridgehead atoms. The van der Waals surface area contributed by atoms with E-state index < -0.39 is 0 Å². The van der Waals surface area contributed by atoms with Gasteiger partial charge >= 0.3 is 0 Å². The van der Waals surface area contributed by atoms with E-state index in [-0.39, 0.29) is 0 Å². The Morgan fingerprint density at radius 1 is 1.41 bits per heavy atom. The number of aromatic nitrogens is 2. The molecule has 1 aromatic carbocycles. The van der Waals surface area contributed by atoms with Crippen molar-refractivity contribution in [1.82, 2.24) is 15.1 Å². The minimum absolute atomic E-state index is 0.965. The molecule has 2 aromatic rings. The number of hydrogen-bond donors (Lipinski definition) is 1. The largest absolute Gasteiger partial charge is 0.319 e. The molecule has 0 fully saturated rings. The first-order chi connectivity index (χ1) is 8.22. The Balaban J connectivity index is 2.39. The van der Waals surface area contributed by atoms with E-state index in [0.29, 0.717) is 0 Å². The van der Waals surface area contributed by atoms with Gasteiger partial charge in [0.2, 0.25) is 0 Å². The van der Waals surface area contributed by atoms with Crippen molar-refractivity contribution >= 4 is 15.9 Å². The summed E-state index contributed by atoms with van der Waals surface area (Å²) in [4.78, 5) is 0. The number of rotatable bonds is 4. The maximum Gasteiger partial charge on any atom is 0.0711 e. The molecular weight excluding hydrogens is 278 g/mol. The van der Waals surface area contributed by atoms with Crippen LogP contribution in [0.4, 0.5) is 0 Å². The van der Waals surface area contributed by atoms with Gasteiger partial charge in [0.05, 0.1) is 11.9 Å². The third-order valence-electron chi connectivity index (χ3n) is 2.76. The van der Waals surface area contributed by atoms with Gasteiger partial charge in [-0.3, -0.25) is 4.68 Å². The lowest BCUT2D eigenvalue weighted by molar-refractivity contribution is 0.772. The van der Waals surface area contributed by atoms with Crippen LogP contribution < -0.4 is 5.32 Å². The van der Waals surface area contributed by atoms with Gasteiger partial charge in [-0.2, -0.15) is 5.10 Å². The fourth-order valence-corrected chi connectivity index (χ4v) is 2.33. The van der Waals surface area contributed by atoms with Crippen LogP contribution in [0.5, 0.6) is 0 Å². The molecule has 17 heavy (non-hydrogen) atoms. The van der Waals surface area contributed by atoms with E-state index in [9.17, 15) is 0 Å². The fraction of sp³-hybridized carbons (Fsp3) is 0.308. The highest BCUT2D eigenvalue weighted by atomic mass is 79.9. The number of hydrogen-bond acceptors (Lipinski definition) is 2. The zero-order valence-electron chi connectivity index (χ0n) is 10.1. The number of aryl methyl sites for hydroxylation is 1. The standard InChI is InChI=1S/C13H16BrN3/c1-15-7-6-11-9-16-17(2)13(11)10-4-3-5-12(14)8-10/h3-5,8-9,15H,6-7H2,1-2H3. The Morgan fingerprint density at radius 3 is 2.94 bits per heavy atom. The van der Waals surface area contributed by atoms with E-state index in [4.69, 9.17) is 0 Å². The zero-order valence-corrected chi connectivity index (χ0v) is 11.7. The molecule has 0 aliphatic rings. The van der Waals surface area contributed by atoms with E-state index in [1.807, 2.05) is 37.1 Å². The van der Waals surface area contributed by atoms with Crippen molar-refractivity contribution in [3.63, 3.8) is 0 Å². The van der Waals surface area contributed by atoms with Crippen molar-refractivity contribution in [1.29, 1.82) is 0 Å². The van der Waals surface area contributed by atoms with Gasteiger partial charge in [0.15, 0.2) is 0 Å². The van der Waals surface area contributed by atoms with Gasteiger partial charge in [-0.1, -0.05) is 28.1 Å². The van der Waals surface area contributed by atoms with Crippen molar-refractivity contribution in [2.45, 2.75) is 6.42 Å². The van der Waals surface area contributed by atoms with Gasteiger partial charge in [-0.15, -0.1) is 0 Å². The molecule has 0 saturated carbocycles. The Morgan fingerprint density at radius 2 is 2.24 bits per heavy atom. The summed E-state index contributed by atoms with van der Waals surface area (Å²) in [6.07, 6.45) is 2.94. The lowest BCUT2D eigenvalue weighted by Crippen LogP contribution is -2.10. The maximum absolute atomic E-state index is 4.35. The van der Waals surface area contributed by atoms with Crippen molar-refractivity contribution in [3.8, 4) is 11.3 Å². The van der Waals surface area contributed by atoms with Crippen molar-refractivity contribution in [3.05, 3.63) is 40.5 Å². The summed E-state index contributed by atoms with van der Waals surface area (Å²) < 4.78 is 3.03. The summed E-state index contributed by atoms with van der Waals surface area (Å²) in [6.45, 7) is 0.965. The predicted octanol–water partition coefficient (Wildman–Crippen LogP) is 2.61. The van der Waals surface area contributed by atoms with E-state index in [1.54, 1.807) is 0 Å². The first kappa shape index (κ1) is 12.3. The van der Waals surface area contributed by atoms with Crippen LogP contribution in [0.2, 0.25) is 0 Å². The second-order valence-electron chi connectivity index (χ2n) is 4.01. The highest BCUT2D eigenvalue weighted by molar-refractivity contribution is 9.10. The van der Waals surface area contributed by atoms with E-state index >= 15 is 0 Å². The summed E-state index contributed by atoms with van der Waals surface area (Å²) in [5, 5.41) is 7.52. The SMILES string of the molecule is CNCCc1cnn(C)c1-c1cccc(Br)c1. The van der Waals surface area contributed by atoms with Gasteiger partial charge in [0, 0.05) is 17.1 Å². The number of likely N-dealkylation sites (N-methyl/N-ethyl adjacent to an activating group) is 1. The molecule has 2 rings (SSSR count). The van der Waals surface area contributed by atoms with Crippen molar-refractivity contribution < 1.29 is 0 Å². The smallest absolute Gasteiger partial charge is 0.0711 e. The van der Waals surface area contributed by atoms with Gasteiger partial charge in [0.25, 0.3) is 0 Å². The first-order valence-corrected chi connectivity index (χ1v) is 6.43. The molecule has 0 amide bonds. The summed E-state index contributed by atoms with van der Waals surface area (Å²) in [5.74, 6) is 0. The molecule has 1 aromatic heterocycles. The minimum Gasteiger partial charge on any atom is -0.319 e. The quantitative estimate of drug-likeness (QED) is 0.939. The summed E-state index contributed by atoms with van der Waals surface area (Å²) in [6, 6.07) is 8.33. The number of benzene rings is 1. The molecule has 0 unspecified atom stereocenters. The highest BCUT2D eigenvalue weighted by Gasteiger charge is 2.10. The summed E-state index contributed by atoms with van der Waals surface area (Å²) in [7, 11) is 3.95. The molecule has 1 heterocycles. The Hall–Kier alpha value is -1.13. The lowest BCUT2D eigenvalue weighted by Gasteiger charge is -2.07. The molecule has 0 radical (unpaired) electrons. The number of nitrogens with zero attached hydrogens (tertiary/aromatic N) is 2. The van der Waals surface area contributed by atoms with Crippen molar-refractivity contribution in [2.24, 2.45) is 7.05 Å². The van der Waals surface area contributed by atoms with Crippen LogP contribution in [0.1, 0.15) is 5.56 Å². The summed E-state index contributed by atoms with van der Waals surface area (Å²) in [5.41, 5.74) is 3.67. The second-order valence-corrected chi connectivity index (χ2v) is 4.92. The third kappa shape index (κ3) is 2.76. The van der Waals surface area contributed by atoms with Gasteiger partial charge in [-0.05, 0) is 37.7 Å². The predicted molar refractivity (Wildman–Crippen MR) is 74.0 cm³/mol. The van der Waals surface area contributed by atoms with Crippen LogP contribution in [0.3, 0.4) is 0 Å². The van der Waals surface area contributed by atoms with Gasteiger partial charge in [0.1, 0.15) is 0 Å². The maximum atomic E-state index is 4.35. The van der Waals surface area contributed by atoms with E-state index in [2.05, 4.69) is 38.5 Å². The van der Waals surface area contributed by atoms with Crippen LogP contribution in [0, 0.1) is 0 Å². The van der Waals surface area contributed by atoms with Gasteiger partial charge in [-0.25, -0.2) is 0 Å². The lowest BCUT2D eigenvalue weighted by atomic mass is 10.1. The normalized spacial score (nSPS) is 10.8. The molecule has 0 spiro atoms. The second kappa shape index (κ2) is 5.47. The van der Waals surface area contributed by atoms with Crippen LogP contribution in [0.25, 0.3) is 11.3 Å². The molecule has 4 heteroatoms. The van der Waals surface area contributed by atoms with Crippen LogP contribution in [-0.2, 0) is 13.5 Å². The van der Waals surface area contributed by atoms with Crippen molar-refractivity contribution in [2.75, 3.05) is 13.6 Å². The fourth-order valence-electron chi connectivity index (χ4n) is 1.93. The molecular formula is C13H16BrN3. The Labute approximate surface area is 110 Å². The number of nitrogens with one attached hydrogen (secondary N) is 1. The molecule has 0 atom stereocenters. The van der Waals surface area contributed by atoms with Crippen LogP contribution >= 0.6 is 15.9 Å². The molecule has 90 valence electrons. The van der Waals surface area contributed by atoms with E-state index in [1.165, 1.54) is 16.8 Å². The zero-order chi connectivity index (χ0) is 12.3. The Bertz CT molecular complexity index is 505. The molecule has 0 saturated heterocycles. The van der Waals surface area contributed by atoms with Crippen LogP contribution in [-0.4, -0.2) is 23.4 Å². The molecule has 0 aliphatic carbocycles. The molecule has 3 nitrogen and oxygen atoms in total. The monoisotopic (exact) mass is 293 g/mol. The topological polar surface area (TPSA) is 29.9 Å². The third-order valence-corrected chi connectivity index (χ3v) is 3.25. The van der Waals surface area contributed by atoms with Gasteiger partial charge < -0.3 is 5.32 Å². The minimum atomic E-state index is 0.965. The molecule has 0 aliphatic heterocycles. The molecule has 1 N–H and O–H groups in total. The highest BCUT2D eigenvalue weighted by Crippen LogP contribution is 2.25.